The van der Waals surface area contributed by atoms with Crippen molar-refractivity contribution >= 4 is 16.9 Å². The highest BCUT2D eigenvalue weighted by atomic mass is 16.5. The molecule has 100 valence electrons. The molecule has 0 amide bonds. The zero-order valence-electron chi connectivity index (χ0n) is 11.5. The van der Waals surface area contributed by atoms with Crippen LogP contribution in [0.5, 0.6) is 5.75 Å². The van der Waals surface area contributed by atoms with Crippen molar-refractivity contribution in [1.82, 2.24) is 4.98 Å². The number of carboxylic acid groups (broad SMARTS) is 1. The lowest BCUT2D eigenvalue weighted by Gasteiger charge is -2.19. The number of aliphatic carboxylic acids is 1. The van der Waals surface area contributed by atoms with Gasteiger partial charge in [0.05, 0.1) is 12.8 Å². The van der Waals surface area contributed by atoms with Crippen molar-refractivity contribution in [3.05, 3.63) is 35.5 Å². The average molecular weight is 259 g/mol. The Morgan fingerprint density at radius 2 is 1.95 bits per heavy atom. The van der Waals surface area contributed by atoms with Gasteiger partial charge in [0.1, 0.15) is 16.7 Å². The van der Waals surface area contributed by atoms with Crippen molar-refractivity contribution in [1.29, 1.82) is 0 Å². The Morgan fingerprint density at radius 1 is 1.26 bits per heavy atom. The number of methoxy groups -OCH3 is 1. The number of hydrogen-bond acceptors (Lipinski definition) is 3. The number of ether oxygens (including phenoxy) is 1. The minimum Gasteiger partial charge on any atom is -0.494 e. The highest BCUT2D eigenvalue weighted by Gasteiger charge is 2.31. The number of nitrogens with zero attached hydrogens (tertiary/aromatic N) is 1. The molecule has 2 aromatic rings. The Hall–Kier alpha value is -2.10. The number of rotatable bonds is 3. The van der Waals surface area contributed by atoms with E-state index < -0.39 is 11.4 Å². The van der Waals surface area contributed by atoms with Gasteiger partial charge >= 0.3 is 5.97 Å². The molecule has 19 heavy (non-hydrogen) atoms. The Morgan fingerprint density at radius 3 is 2.53 bits per heavy atom. The summed E-state index contributed by atoms with van der Waals surface area (Å²) in [5.74, 6) is -0.241. The lowest BCUT2D eigenvalue weighted by Crippen LogP contribution is -2.29. The Kier molecular flexibility index (Phi) is 3.18. The van der Waals surface area contributed by atoms with Crippen molar-refractivity contribution in [2.24, 2.45) is 0 Å². The van der Waals surface area contributed by atoms with E-state index in [9.17, 15) is 9.90 Å². The lowest BCUT2D eigenvalue weighted by molar-refractivity contribution is -0.142. The monoisotopic (exact) mass is 259 g/mol. The van der Waals surface area contributed by atoms with E-state index in [1.165, 1.54) is 0 Å². The Balaban J connectivity index is 2.73. The molecule has 0 aliphatic carbocycles. The molecule has 0 aliphatic rings. The fourth-order valence-corrected chi connectivity index (χ4v) is 1.96. The molecule has 4 heteroatoms. The van der Waals surface area contributed by atoms with Crippen molar-refractivity contribution in [2.45, 2.75) is 26.2 Å². The first kappa shape index (κ1) is 13.3. The van der Waals surface area contributed by atoms with Crippen LogP contribution < -0.4 is 4.74 Å². The molecule has 0 saturated heterocycles. The van der Waals surface area contributed by atoms with E-state index in [1.54, 1.807) is 27.0 Å². The van der Waals surface area contributed by atoms with E-state index in [1.807, 2.05) is 25.1 Å². The predicted molar refractivity (Wildman–Crippen MR) is 73.7 cm³/mol. The van der Waals surface area contributed by atoms with Crippen LogP contribution in [-0.4, -0.2) is 23.2 Å². The Labute approximate surface area is 112 Å². The average Bonchev–Trinajstić information content (AvgIpc) is 2.38. The van der Waals surface area contributed by atoms with Gasteiger partial charge in [-0.05, 0) is 38.5 Å². The second-order valence-corrected chi connectivity index (χ2v) is 5.11. The van der Waals surface area contributed by atoms with Crippen LogP contribution in [0.3, 0.4) is 0 Å². The summed E-state index contributed by atoms with van der Waals surface area (Å²) in [4.78, 5) is 15.8. The van der Waals surface area contributed by atoms with Crippen LogP contribution in [0, 0.1) is 6.92 Å². The summed E-state index contributed by atoms with van der Waals surface area (Å²) in [6.45, 7) is 5.28. The zero-order chi connectivity index (χ0) is 14.2. The lowest BCUT2D eigenvalue weighted by atomic mass is 9.88. The van der Waals surface area contributed by atoms with Crippen molar-refractivity contribution < 1.29 is 14.6 Å². The predicted octanol–water partition coefficient (Wildman–Crippen LogP) is 2.91. The first-order valence-electron chi connectivity index (χ1n) is 6.06. The molecule has 0 bridgehead atoms. The number of aromatic nitrogens is 1. The fourth-order valence-electron chi connectivity index (χ4n) is 1.96. The summed E-state index contributed by atoms with van der Waals surface area (Å²) < 4.78 is 5.30. The molecule has 0 radical (unpaired) electrons. The number of hydrogen-bond donors (Lipinski definition) is 1. The second kappa shape index (κ2) is 4.53. The molecule has 1 N–H and O–H groups in total. The summed E-state index contributed by atoms with van der Waals surface area (Å²) in [7, 11) is 1.58. The standard InChI is InChI=1S/C15H17NO3/c1-9-5-7-11(19-4)13-10(9)6-8-12(16-13)15(2,3)14(17)18/h5-8H,1-4H3,(H,17,18). The SMILES string of the molecule is COc1ccc(C)c2ccc(C(C)(C)C(=O)O)nc12. The first-order valence-corrected chi connectivity index (χ1v) is 6.06. The largest absolute Gasteiger partial charge is 0.494 e. The van der Waals surface area contributed by atoms with Crippen LogP contribution in [0.4, 0.5) is 0 Å². The van der Waals surface area contributed by atoms with E-state index >= 15 is 0 Å². The van der Waals surface area contributed by atoms with E-state index in [-0.39, 0.29) is 0 Å². The van der Waals surface area contributed by atoms with Crippen LogP contribution in [0.25, 0.3) is 10.9 Å². The van der Waals surface area contributed by atoms with E-state index in [0.717, 1.165) is 10.9 Å². The summed E-state index contributed by atoms with van der Waals surface area (Å²) >= 11 is 0. The molecule has 0 saturated carbocycles. The minimum absolute atomic E-state index is 0.524. The molecule has 0 atom stereocenters. The molecule has 1 aromatic heterocycles. The molecular weight excluding hydrogens is 242 g/mol. The number of aryl methyl sites for hydroxylation is 1. The van der Waals surface area contributed by atoms with E-state index in [0.29, 0.717) is 17.0 Å². The number of fused-ring (bicyclic) bond motifs is 1. The maximum atomic E-state index is 11.3. The minimum atomic E-state index is -1.02. The highest BCUT2D eigenvalue weighted by molar-refractivity contribution is 5.89. The topological polar surface area (TPSA) is 59.4 Å². The maximum absolute atomic E-state index is 11.3. The van der Waals surface area contributed by atoms with Gasteiger partial charge in [-0.2, -0.15) is 0 Å². The number of carbonyl (C=O) groups is 1. The molecule has 4 nitrogen and oxygen atoms in total. The molecule has 1 heterocycles. The summed E-state index contributed by atoms with van der Waals surface area (Å²) in [6.07, 6.45) is 0. The van der Waals surface area contributed by atoms with E-state index in [2.05, 4.69) is 4.98 Å². The molecular formula is C15H17NO3. The number of pyridine rings is 1. The smallest absolute Gasteiger partial charge is 0.315 e. The van der Waals surface area contributed by atoms with Crippen LogP contribution in [0.15, 0.2) is 24.3 Å². The summed E-state index contributed by atoms with van der Waals surface area (Å²) in [6, 6.07) is 7.48. The van der Waals surface area contributed by atoms with Crippen LogP contribution >= 0.6 is 0 Å². The molecule has 0 fully saturated rings. The van der Waals surface area contributed by atoms with Crippen LogP contribution in [0.2, 0.25) is 0 Å². The van der Waals surface area contributed by atoms with Gasteiger partial charge in [-0.1, -0.05) is 12.1 Å². The molecule has 0 aliphatic heterocycles. The van der Waals surface area contributed by atoms with Gasteiger partial charge in [-0.3, -0.25) is 4.79 Å². The zero-order valence-corrected chi connectivity index (χ0v) is 11.5. The van der Waals surface area contributed by atoms with Gasteiger partial charge in [0.2, 0.25) is 0 Å². The fraction of sp³-hybridized carbons (Fsp3) is 0.333. The number of benzene rings is 1. The van der Waals surface area contributed by atoms with E-state index in [4.69, 9.17) is 4.74 Å². The maximum Gasteiger partial charge on any atom is 0.315 e. The van der Waals surface area contributed by atoms with Crippen molar-refractivity contribution in [3.8, 4) is 5.75 Å². The van der Waals surface area contributed by atoms with Gasteiger partial charge < -0.3 is 9.84 Å². The third-order valence-electron chi connectivity index (χ3n) is 3.43. The number of carboxylic acids is 1. The van der Waals surface area contributed by atoms with Crippen molar-refractivity contribution in [3.63, 3.8) is 0 Å². The van der Waals surface area contributed by atoms with Gasteiger partial charge in [0.25, 0.3) is 0 Å². The summed E-state index contributed by atoms with van der Waals surface area (Å²) in [5.41, 5.74) is 1.29. The molecule has 1 aromatic carbocycles. The van der Waals surface area contributed by atoms with Gasteiger partial charge in [-0.15, -0.1) is 0 Å². The van der Waals surface area contributed by atoms with Gasteiger partial charge in [0, 0.05) is 5.39 Å². The molecule has 0 spiro atoms. The van der Waals surface area contributed by atoms with Gasteiger partial charge in [0.15, 0.2) is 0 Å². The van der Waals surface area contributed by atoms with Crippen LogP contribution in [-0.2, 0) is 10.2 Å². The quantitative estimate of drug-likeness (QED) is 0.920. The second-order valence-electron chi connectivity index (χ2n) is 5.11. The molecule has 2 rings (SSSR count). The first-order chi connectivity index (χ1) is 8.87. The van der Waals surface area contributed by atoms with Crippen LogP contribution in [0.1, 0.15) is 25.1 Å². The highest BCUT2D eigenvalue weighted by Crippen LogP contribution is 2.30. The normalized spacial score (nSPS) is 11.6. The Bertz CT molecular complexity index is 647. The third-order valence-corrected chi connectivity index (χ3v) is 3.43. The molecule has 0 unspecified atom stereocenters. The van der Waals surface area contributed by atoms with Crippen molar-refractivity contribution in [2.75, 3.05) is 7.11 Å². The summed E-state index contributed by atoms with van der Waals surface area (Å²) in [5, 5.41) is 10.3. The third kappa shape index (κ3) is 2.14. The van der Waals surface area contributed by atoms with Gasteiger partial charge in [-0.25, -0.2) is 4.98 Å².